The van der Waals surface area contributed by atoms with Gasteiger partial charge in [0.2, 0.25) is 0 Å². The number of piperidine rings is 1. The maximum Gasteiger partial charge on any atom is 0.114 e. The fourth-order valence-corrected chi connectivity index (χ4v) is 2.62. The Hall–Kier alpha value is -0.120. The summed E-state index contributed by atoms with van der Waals surface area (Å²) in [5.74, 6) is 0.476. The van der Waals surface area contributed by atoms with E-state index in [0.717, 1.165) is 25.9 Å². The van der Waals surface area contributed by atoms with Crippen LogP contribution in [-0.4, -0.2) is 48.5 Å². The van der Waals surface area contributed by atoms with Crippen LogP contribution in [0.1, 0.15) is 32.6 Å². The van der Waals surface area contributed by atoms with Gasteiger partial charge in [0, 0.05) is 0 Å². The number of unbranched alkanes of at least 4 members (excludes halogenated alkanes) is 1. The fraction of sp³-hybridized carbons (Fsp3) is 1.00. The Balaban J connectivity index is 1.72. The largest absolute Gasteiger partial charge is 0.385 e. The molecule has 15 heavy (non-hydrogen) atoms. The third kappa shape index (κ3) is 2.52. The number of aliphatic hydroxyl groups is 1. The summed E-state index contributed by atoms with van der Waals surface area (Å²) in [5, 5.41) is 10.2. The lowest BCUT2D eigenvalue weighted by atomic mass is 9.79. The molecule has 3 heteroatoms. The molecule has 0 aliphatic carbocycles. The topological polar surface area (TPSA) is 32.7 Å². The van der Waals surface area contributed by atoms with Gasteiger partial charge < -0.3 is 14.7 Å². The Morgan fingerprint density at radius 1 is 1.33 bits per heavy atom. The van der Waals surface area contributed by atoms with Crippen molar-refractivity contribution in [2.45, 2.75) is 38.2 Å². The van der Waals surface area contributed by atoms with Crippen molar-refractivity contribution in [1.82, 2.24) is 4.90 Å². The monoisotopic (exact) mass is 213 g/mol. The van der Waals surface area contributed by atoms with Gasteiger partial charge in [0.1, 0.15) is 5.60 Å². The summed E-state index contributed by atoms with van der Waals surface area (Å²) in [4.78, 5) is 2.53. The minimum atomic E-state index is -0.475. The molecular formula is C12H23NO2. The summed E-state index contributed by atoms with van der Waals surface area (Å²) in [5.41, 5.74) is -0.475. The predicted octanol–water partition coefficient (Wildman–Crippen LogP) is 1.26. The van der Waals surface area contributed by atoms with Crippen molar-refractivity contribution < 1.29 is 9.84 Å². The minimum absolute atomic E-state index is 0.475. The maximum atomic E-state index is 10.2. The molecule has 0 amide bonds. The van der Waals surface area contributed by atoms with Gasteiger partial charge >= 0.3 is 0 Å². The van der Waals surface area contributed by atoms with Gasteiger partial charge in [-0.15, -0.1) is 0 Å². The van der Waals surface area contributed by atoms with E-state index < -0.39 is 5.60 Å². The van der Waals surface area contributed by atoms with E-state index >= 15 is 0 Å². The van der Waals surface area contributed by atoms with E-state index in [-0.39, 0.29) is 0 Å². The van der Waals surface area contributed by atoms with Gasteiger partial charge in [0.15, 0.2) is 0 Å². The van der Waals surface area contributed by atoms with Crippen LogP contribution in [0.25, 0.3) is 0 Å². The molecule has 2 fully saturated rings. The van der Waals surface area contributed by atoms with Crippen molar-refractivity contribution >= 4 is 0 Å². The SMILES string of the molecule is CCCCN1CCC(C2(O)COC2)CC1. The first-order valence-electron chi connectivity index (χ1n) is 6.27. The molecule has 2 aliphatic rings. The third-order valence-corrected chi connectivity index (χ3v) is 3.88. The van der Waals surface area contributed by atoms with Crippen LogP contribution in [0.3, 0.4) is 0 Å². The molecule has 2 heterocycles. The smallest absolute Gasteiger partial charge is 0.114 e. The zero-order chi connectivity index (χ0) is 10.7. The second-order valence-corrected chi connectivity index (χ2v) is 5.07. The van der Waals surface area contributed by atoms with Crippen molar-refractivity contribution in [2.24, 2.45) is 5.92 Å². The highest BCUT2D eigenvalue weighted by molar-refractivity contribution is 4.94. The number of ether oxygens (including phenoxy) is 1. The Kier molecular flexibility index (Phi) is 3.65. The lowest BCUT2D eigenvalue weighted by Crippen LogP contribution is -2.57. The number of likely N-dealkylation sites (tertiary alicyclic amines) is 1. The molecule has 0 atom stereocenters. The van der Waals surface area contributed by atoms with Crippen LogP contribution in [0.15, 0.2) is 0 Å². The standard InChI is InChI=1S/C12H23NO2/c1-2-3-6-13-7-4-11(5-8-13)12(14)9-15-10-12/h11,14H,2-10H2,1H3. The van der Waals surface area contributed by atoms with Crippen LogP contribution >= 0.6 is 0 Å². The predicted molar refractivity (Wildman–Crippen MR) is 59.8 cm³/mol. The maximum absolute atomic E-state index is 10.2. The van der Waals surface area contributed by atoms with Gasteiger partial charge in [-0.2, -0.15) is 0 Å². The van der Waals surface area contributed by atoms with Gasteiger partial charge in [-0.05, 0) is 44.8 Å². The van der Waals surface area contributed by atoms with Crippen LogP contribution in [-0.2, 0) is 4.74 Å². The van der Waals surface area contributed by atoms with Crippen LogP contribution in [0.2, 0.25) is 0 Å². The number of hydrogen-bond acceptors (Lipinski definition) is 3. The first-order valence-corrected chi connectivity index (χ1v) is 6.27. The lowest BCUT2D eigenvalue weighted by Gasteiger charge is -2.46. The summed E-state index contributed by atoms with van der Waals surface area (Å²) in [6.07, 6.45) is 4.86. The zero-order valence-corrected chi connectivity index (χ0v) is 9.74. The van der Waals surface area contributed by atoms with E-state index in [0.29, 0.717) is 19.1 Å². The van der Waals surface area contributed by atoms with Crippen molar-refractivity contribution in [3.05, 3.63) is 0 Å². The van der Waals surface area contributed by atoms with Crippen LogP contribution < -0.4 is 0 Å². The van der Waals surface area contributed by atoms with E-state index in [1.165, 1.54) is 19.4 Å². The fourth-order valence-electron chi connectivity index (χ4n) is 2.62. The number of hydrogen-bond donors (Lipinski definition) is 1. The summed E-state index contributed by atoms with van der Waals surface area (Å²) in [6.45, 7) is 6.92. The first-order chi connectivity index (χ1) is 7.24. The van der Waals surface area contributed by atoms with Crippen LogP contribution in [0.4, 0.5) is 0 Å². The second kappa shape index (κ2) is 4.81. The van der Waals surface area contributed by atoms with Crippen LogP contribution in [0.5, 0.6) is 0 Å². The van der Waals surface area contributed by atoms with E-state index in [1.807, 2.05) is 0 Å². The molecule has 0 aromatic rings. The minimum Gasteiger partial charge on any atom is -0.385 e. The molecule has 88 valence electrons. The number of rotatable bonds is 4. The normalized spacial score (nSPS) is 27.6. The molecule has 0 bridgehead atoms. The van der Waals surface area contributed by atoms with Crippen molar-refractivity contribution in [1.29, 1.82) is 0 Å². The highest BCUT2D eigenvalue weighted by atomic mass is 16.5. The zero-order valence-electron chi connectivity index (χ0n) is 9.74. The van der Waals surface area contributed by atoms with Gasteiger partial charge in [-0.25, -0.2) is 0 Å². The third-order valence-electron chi connectivity index (χ3n) is 3.88. The van der Waals surface area contributed by atoms with E-state index in [2.05, 4.69) is 11.8 Å². The second-order valence-electron chi connectivity index (χ2n) is 5.07. The van der Waals surface area contributed by atoms with Gasteiger partial charge in [0.25, 0.3) is 0 Å². The molecule has 0 aromatic carbocycles. The molecule has 2 aliphatic heterocycles. The molecule has 0 saturated carbocycles. The van der Waals surface area contributed by atoms with Crippen molar-refractivity contribution in [3.8, 4) is 0 Å². The molecule has 0 aromatic heterocycles. The molecule has 0 unspecified atom stereocenters. The van der Waals surface area contributed by atoms with E-state index in [9.17, 15) is 5.11 Å². The van der Waals surface area contributed by atoms with E-state index in [4.69, 9.17) is 4.74 Å². The highest BCUT2D eigenvalue weighted by Gasteiger charge is 2.44. The Labute approximate surface area is 92.4 Å². The van der Waals surface area contributed by atoms with Crippen molar-refractivity contribution in [3.63, 3.8) is 0 Å². The molecule has 3 nitrogen and oxygen atoms in total. The molecular weight excluding hydrogens is 190 g/mol. The average molecular weight is 213 g/mol. The average Bonchev–Trinajstić information content (AvgIpc) is 2.24. The van der Waals surface area contributed by atoms with Gasteiger partial charge in [-0.1, -0.05) is 13.3 Å². The lowest BCUT2D eigenvalue weighted by molar-refractivity contribution is -0.213. The van der Waals surface area contributed by atoms with Gasteiger partial charge in [-0.3, -0.25) is 0 Å². The Morgan fingerprint density at radius 2 is 2.00 bits per heavy atom. The van der Waals surface area contributed by atoms with E-state index in [1.54, 1.807) is 0 Å². The Morgan fingerprint density at radius 3 is 2.47 bits per heavy atom. The number of nitrogens with zero attached hydrogens (tertiary/aromatic N) is 1. The molecule has 2 rings (SSSR count). The van der Waals surface area contributed by atoms with Gasteiger partial charge in [0.05, 0.1) is 13.2 Å². The Bertz CT molecular complexity index is 196. The summed E-state index contributed by atoms with van der Waals surface area (Å²) in [6, 6.07) is 0. The van der Waals surface area contributed by atoms with Crippen LogP contribution in [0, 0.1) is 5.92 Å². The molecule has 2 saturated heterocycles. The molecule has 1 N–H and O–H groups in total. The summed E-state index contributed by atoms with van der Waals surface area (Å²) in [7, 11) is 0. The summed E-state index contributed by atoms with van der Waals surface area (Å²) < 4.78 is 5.12. The molecule has 0 radical (unpaired) electrons. The summed E-state index contributed by atoms with van der Waals surface area (Å²) >= 11 is 0. The quantitative estimate of drug-likeness (QED) is 0.763. The highest BCUT2D eigenvalue weighted by Crippen LogP contribution is 2.33. The first kappa shape index (κ1) is 11.4. The van der Waals surface area contributed by atoms with Crippen molar-refractivity contribution in [2.75, 3.05) is 32.8 Å². The molecule has 0 spiro atoms.